The maximum Gasteiger partial charge on any atom is 0.325 e. The summed E-state index contributed by atoms with van der Waals surface area (Å²) in [6, 6.07) is 7.38. The van der Waals surface area contributed by atoms with Crippen LogP contribution in [0.15, 0.2) is 29.3 Å². The molecule has 2 N–H and O–H groups in total. The summed E-state index contributed by atoms with van der Waals surface area (Å²) in [6.45, 7) is 5.34. The molecule has 1 atom stereocenters. The molecule has 1 aliphatic heterocycles. The summed E-state index contributed by atoms with van der Waals surface area (Å²) in [5.41, 5.74) is 0.349. The summed E-state index contributed by atoms with van der Waals surface area (Å²) in [5.74, 6) is 0.597. The van der Waals surface area contributed by atoms with Gasteiger partial charge < -0.3 is 15.5 Å². The summed E-state index contributed by atoms with van der Waals surface area (Å²) in [6.07, 6.45) is 1.22. The fourth-order valence-electron chi connectivity index (χ4n) is 2.95. The number of carbonyl (C=O) groups is 2. The first-order chi connectivity index (χ1) is 12.8. The molecule has 27 heavy (non-hydrogen) atoms. The highest BCUT2D eigenvalue weighted by Crippen LogP contribution is 2.20. The zero-order valence-electron chi connectivity index (χ0n) is 16.4. The lowest BCUT2D eigenvalue weighted by Gasteiger charge is -2.23. The van der Waals surface area contributed by atoms with Crippen molar-refractivity contribution >= 4 is 29.5 Å². The fourth-order valence-corrected chi connectivity index (χ4v) is 3.08. The Labute approximate surface area is 165 Å². The van der Waals surface area contributed by atoms with Crippen molar-refractivity contribution in [3.63, 3.8) is 0 Å². The van der Waals surface area contributed by atoms with E-state index in [1.807, 2.05) is 43.1 Å². The molecule has 0 radical (unpaired) electrons. The SMILES string of the molecule is CCC1(C)NC(=O)N(CCCNC(=NC)N(C)Cc2ccc(Cl)cc2)C1=O. The monoisotopic (exact) mass is 393 g/mol. The molecule has 2 rings (SSSR count). The van der Waals surface area contributed by atoms with Gasteiger partial charge in [-0.1, -0.05) is 30.7 Å². The van der Waals surface area contributed by atoms with Crippen molar-refractivity contribution in [2.24, 2.45) is 4.99 Å². The van der Waals surface area contributed by atoms with Crippen LogP contribution in [0, 0.1) is 0 Å². The van der Waals surface area contributed by atoms with Gasteiger partial charge in [0.25, 0.3) is 5.91 Å². The van der Waals surface area contributed by atoms with Crippen LogP contribution in [0.25, 0.3) is 0 Å². The van der Waals surface area contributed by atoms with Crippen molar-refractivity contribution < 1.29 is 9.59 Å². The molecular weight excluding hydrogens is 366 g/mol. The van der Waals surface area contributed by atoms with Crippen molar-refractivity contribution in [2.45, 2.75) is 38.8 Å². The molecule has 1 fully saturated rings. The number of amides is 3. The number of urea groups is 1. The van der Waals surface area contributed by atoms with Gasteiger partial charge in [0.15, 0.2) is 5.96 Å². The summed E-state index contributed by atoms with van der Waals surface area (Å²) in [7, 11) is 3.68. The highest BCUT2D eigenvalue weighted by Gasteiger charge is 2.45. The zero-order chi connectivity index (χ0) is 20.0. The van der Waals surface area contributed by atoms with E-state index in [0.29, 0.717) is 37.5 Å². The molecular formula is C19H28ClN5O2. The van der Waals surface area contributed by atoms with Crippen LogP contribution in [0.5, 0.6) is 0 Å². The number of imide groups is 1. The Morgan fingerprint density at radius 3 is 2.56 bits per heavy atom. The van der Waals surface area contributed by atoms with Gasteiger partial charge in [-0.2, -0.15) is 0 Å². The first kappa shape index (κ1) is 21.0. The Hall–Kier alpha value is -2.28. The van der Waals surface area contributed by atoms with Crippen LogP contribution in [-0.4, -0.2) is 60.4 Å². The van der Waals surface area contributed by atoms with E-state index in [9.17, 15) is 9.59 Å². The first-order valence-electron chi connectivity index (χ1n) is 9.11. The summed E-state index contributed by atoms with van der Waals surface area (Å²) >= 11 is 5.92. The van der Waals surface area contributed by atoms with E-state index >= 15 is 0 Å². The number of guanidine groups is 1. The molecule has 3 amide bonds. The van der Waals surface area contributed by atoms with E-state index in [4.69, 9.17) is 11.6 Å². The summed E-state index contributed by atoms with van der Waals surface area (Å²) in [5, 5.41) is 6.75. The molecule has 148 valence electrons. The van der Waals surface area contributed by atoms with E-state index in [2.05, 4.69) is 15.6 Å². The van der Waals surface area contributed by atoms with E-state index in [0.717, 1.165) is 11.5 Å². The standard InChI is InChI=1S/C19H28ClN5O2/c1-5-19(2)16(26)25(18(27)23-19)12-6-11-22-17(21-3)24(4)13-14-7-9-15(20)10-8-14/h7-10H,5-6,11-13H2,1-4H3,(H,21,22)(H,23,27). The maximum absolute atomic E-state index is 12.4. The van der Waals surface area contributed by atoms with E-state index < -0.39 is 5.54 Å². The fraction of sp³-hybridized carbons (Fsp3) is 0.526. The van der Waals surface area contributed by atoms with E-state index in [-0.39, 0.29) is 11.9 Å². The number of benzene rings is 1. The molecule has 1 saturated heterocycles. The van der Waals surface area contributed by atoms with Crippen LogP contribution >= 0.6 is 11.6 Å². The predicted molar refractivity (Wildman–Crippen MR) is 108 cm³/mol. The smallest absolute Gasteiger partial charge is 0.325 e. The molecule has 1 heterocycles. The number of carbonyl (C=O) groups excluding carboxylic acids is 2. The zero-order valence-corrected chi connectivity index (χ0v) is 17.1. The van der Waals surface area contributed by atoms with Crippen molar-refractivity contribution in [1.82, 2.24) is 20.4 Å². The molecule has 8 heteroatoms. The number of nitrogens with zero attached hydrogens (tertiary/aromatic N) is 3. The van der Waals surface area contributed by atoms with Crippen LogP contribution in [-0.2, 0) is 11.3 Å². The minimum absolute atomic E-state index is 0.153. The van der Waals surface area contributed by atoms with E-state index in [1.165, 1.54) is 4.90 Å². The van der Waals surface area contributed by atoms with Crippen molar-refractivity contribution in [1.29, 1.82) is 0 Å². The molecule has 1 aromatic rings. The Kier molecular flexibility index (Phi) is 7.07. The quantitative estimate of drug-likeness (QED) is 0.323. The van der Waals surface area contributed by atoms with Crippen molar-refractivity contribution in [3.05, 3.63) is 34.9 Å². The van der Waals surface area contributed by atoms with Crippen molar-refractivity contribution in [2.75, 3.05) is 27.2 Å². The van der Waals surface area contributed by atoms with Gasteiger partial charge in [0.05, 0.1) is 0 Å². The lowest BCUT2D eigenvalue weighted by Crippen LogP contribution is -2.43. The molecule has 0 spiro atoms. The molecule has 0 bridgehead atoms. The minimum Gasteiger partial charge on any atom is -0.356 e. The number of halogens is 1. The summed E-state index contributed by atoms with van der Waals surface area (Å²) < 4.78 is 0. The maximum atomic E-state index is 12.4. The number of hydrogen-bond acceptors (Lipinski definition) is 3. The second kappa shape index (κ2) is 9.08. The Morgan fingerprint density at radius 2 is 2.00 bits per heavy atom. The van der Waals surface area contributed by atoms with Crippen molar-refractivity contribution in [3.8, 4) is 0 Å². The van der Waals surface area contributed by atoms with Gasteiger partial charge in [0.2, 0.25) is 0 Å². The highest BCUT2D eigenvalue weighted by atomic mass is 35.5. The lowest BCUT2D eigenvalue weighted by molar-refractivity contribution is -0.130. The normalized spacial score (nSPS) is 20.0. The molecule has 1 aromatic carbocycles. The van der Waals surface area contributed by atoms with Gasteiger partial charge >= 0.3 is 6.03 Å². The van der Waals surface area contributed by atoms with Gasteiger partial charge in [-0.15, -0.1) is 0 Å². The molecule has 1 unspecified atom stereocenters. The second-order valence-electron chi connectivity index (χ2n) is 6.88. The largest absolute Gasteiger partial charge is 0.356 e. The number of nitrogens with one attached hydrogen (secondary N) is 2. The Bertz CT molecular complexity index is 707. The highest BCUT2D eigenvalue weighted by molar-refractivity contribution is 6.30. The average molecular weight is 394 g/mol. The molecule has 0 saturated carbocycles. The third kappa shape index (κ3) is 5.13. The van der Waals surface area contributed by atoms with E-state index in [1.54, 1.807) is 14.0 Å². The second-order valence-corrected chi connectivity index (χ2v) is 7.32. The third-order valence-electron chi connectivity index (χ3n) is 4.80. The minimum atomic E-state index is -0.778. The summed E-state index contributed by atoms with van der Waals surface area (Å²) in [4.78, 5) is 32.0. The van der Waals surface area contributed by atoms with Gasteiger partial charge in [0, 0.05) is 38.8 Å². The van der Waals surface area contributed by atoms with Crippen LogP contribution in [0.1, 0.15) is 32.3 Å². The van der Waals surface area contributed by atoms with Gasteiger partial charge in [0.1, 0.15) is 5.54 Å². The van der Waals surface area contributed by atoms with Gasteiger partial charge in [-0.05, 0) is 37.5 Å². The molecule has 1 aliphatic rings. The Morgan fingerprint density at radius 1 is 1.33 bits per heavy atom. The van der Waals surface area contributed by atoms with Crippen LogP contribution < -0.4 is 10.6 Å². The Balaban J connectivity index is 1.80. The topological polar surface area (TPSA) is 77.0 Å². The number of rotatable bonds is 7. The van der Waals surface area contributed by atoms with Crippen LogP contribution in [0.4, 0.5) is 4.79 Å². The molecule has 7 nitrogen and oxygen atoms in total. The average Bonchev–Trinajstić information content (AvgIpc) is 2.86. The van der Waals surface area contributed by atoms with Gasteiger partial charge in [-0.25, -0.2) is 4.79 Å². The number of aliphatic imine (C=N–C) groups is 1. The molecule has 0 aliphatic carbocycles. The van der Waals surface area contributed by atoms with Crippen LogP contribution in [0.3, 0.4) is 0 Å². The van der Waals surface area contributed by atoms with Gasteiger partial charge in [-0.3, -0.25) is 14.7 Å². The van der Waals surface area contributed by atoms with Crippen LogP contribution in [0.2, 0.25) is 5.02 Å². The number of hydrogen-bond donors (Lipinski definition) is 2. The third-order valence-corrected chi connectivity index (χ3v) is 5.05. The lowest BCUT2D eigenvalue weighted by atomic mass is 9.99. The molecule has 0 aromatic heterocycles. The predicted octanol–water partition coefficient (Wildman–Crippen LogP) is 2.46. The first-order valence-corrected chi connectivity index (χ1v) is 9.49.